The second-order valence-corrected chi connectivity index (χ2v) is 4.81. The van der Waals surface area contributed by atoms with Crippen molar-refractivity contribution < 1.29 is 9.47 Å². The number of ether oxygens (including phenoxy) is 2. The van der Waals surface area contributed by atoms with Gasteiger partial charge in [-0.15, -0.1) is 0 Å². The summed E-state index contributed by atoms with van der Waals surface area (Å²) in [6.45, 7) is 3.97. The molecule has 0 aliphatic carbocycles. The van der Waals surface area contributed by atoms with Gasteiger partial charge in [-0.3, -0.25) is 5.43 Å². The van der Waals surface area contributed by atoms with Gasteiger partial charge >= 0.3 is 0 Å². The first-order valence-electron chi connectivity index (χ1n) is 6.88. The molecule has 2 aromatic rings. The summed E-state index contributed by atoms with van der Waals surface area (Å²) in [5, 5.41) is 4.21. The van der Waals surface area contributed by atoms with Gasteiger partial charge in [0.1, 0.15) is 0 Å². The maximum absolute atomic E-state index is 5.68. The van der Waals surface area contributed by atoms with E-state index in [0.29, 0.717) is 5.75 Å². The molecule has 0 radical (unpaired) electrons. The molecule has 0 spiro atoms. The van der Waals surface area contributed by atoms with Gasteiger partial charge in [0, 0.05) is 0 Å². The van der Waals surface area contributed by atoms with E-state index in [-0.39, 0.29) is 6.10 Å². The van der Waals surface area contributed by atoms with Gasteiger partial charge in [0.25, 0.3) is 0 Å². The van der Waals surface area contributed by atoms with Crippen molar-refractivity contribution in [2.75, 3.05) is 12.5 Å². The average molecular weight is 284 g/mol. The maximum Gasteiger partial charge on any atom is 0.161 e. The molecule has 0 saturated carbocycles. The quantitative estimate of drug-likeness (QED) is 0.645. The Morgan fingerprint density at radius 2 is 1.81 bits per heavy atom. The molecule has 0 bridgehead atoms. The molecule has 2 aromatic carbocycles. The minimum atomic E-state index is 0.109. The lowest BCUT2D eigenvalue weighted by Crippen LogP contribution is -2.06. The van der Waals surface area contributed by atoms with Crippen LogP contribution in [0.4, 0.5) is 5.69 Å². The average Bonchev–Trinajstić information content (AvgIpc) is 2.49. The zero-order valence-electron chi connectivity index (χ0n) is 12.5. The van der Waals surface area contributed by atoms with Crippen molar-refractivity contribution in [3.05, 3.63) is 54.1 Å². The fraction of sp³-hybridized carbons (Fsp3) is 0.235. The Morgan fingerprint density at radius 1 is 1.05 bits per heavy atom. The molecule has 0 aliphatic rings. The van der Waals surface area contributed by atoms with Gasteiger partial charge in [-0.05, 0) is 49.7 Å². The molecule has 0 fully saturated rings. The molecule has 0 unspecified atom stereocenters. The third-order valence-corrected chi connectivity index (χ3v) is 2.73. The molecule has 21 heavy (non-hydrogen) atoms. The molecular weight excluding hydrogens is 264 g/mol. The van der Waals surface area contributed by atoms with Gasteiger partial charge < -0.3 is 9.47 Å². The van der Waals surface area contributed by atoms with E-state index >= 15 is 0 Å². The van der Waals surface area contributed by atoms with Crippen molar-refractivity contribution in [3.8, 4) is 11.5 Å². The Morgan fingerprint density at radius 3 is 2.48 bits per heavy atom. The predicted octanol–water partition coefficient (Wildman–Crippen LogP) is 3.93. The Labute approximate surface area is 125 Å². The van der Waals surface area contributed by atoms with Gasteiger partial charge in [0.15, 0.2) is 11.5 Å². The molecule has 0 saturated heterocycles. The monoisotopic (exact) mass is 284 g/mol. The topological polar surface area (TPSA) is 42.8 Å². The van der Waals surface area contributed by atoms with E-state index in [1.165, 1.54) is 0 Å². The molecule has 0 amide bonds. The van der Waals surface area contributed by atoms with Crippen LogP contribution in [-0.2, 0) is 0 Å². The summed E-state index contributed by atoms with van der Waals surface area (Å²) in [5.41, 5.74) is 4.86. The summed E-state index contributed by atoms with van der Waals surface area (Å²) in [6, 6.07) is 15.5. The number of para-hydroxylation sites is 1. The van der Waals surface area contributed by atoms with Crippen molar-refractivity contribution in [3.63, 3.8) is 0 Å². The molecule has 110 valence electrons. The van der Waals surface area contributed by atoms with Crippen molar-refractivity contribution in [2.45, 2.75) is 20.0 Å². The number of methoxy groups -OCH3 is 1. The van der Waals surface area contributed by atoms with Crippen LogP contribution in [0, 0.1) is 0 Å². The van der Waals surface area contributed by atoms with Crippen molar-refractivity contribution >= 4 is 11.9 Å². The van der Waals surface area contributed by atoms with Gasteiger partial charge in [0.2, 0.25) is 0 Å². The lowest BCUT2D eigenvalue weighted by molar-refractivity contribution is 0.230. The lowest BCUT2D eigenvalue weighted by atomic mass is 10.2. The third-order valence-electron chi connectivity index (χ3n) is 2.73. The number of rotatable bonds is 6. The second kappa shape index (κ2) is 7.33. The maximum atomic E-state index is 5.68. The molecule has 0 atom stereocenters. The molecule has 0 heterocycles. The first kappa shape index (κ1) is 14.9. The highest BCUT2D eigenvalue weighted by atomic mass is 16.5. The van der Waals surface area contributed by atoms with Crippen LogP contribution in [0.25, 0.3) is 0 Å². The summed E-state index contributed by atoms with van der Waals surface area (Å²) in [6.07, 6.45) is 1.85. The van der Waals surface area contributed by atoms with Crippen molar-refractivity contribution in [2.24, 2.45) is 5.10 Å². The summed E-state index contributed by atoms with van der Waals surface area (Å²) in [4.78, 5) is 0. The Bertz CT molecular complexity index is 595. The van der Waals surface area contributed by atoms with Gasteiger partial charge in [-0.2, -0.15) is 5.10 Å². The van der Waals surface area contributed by atoms with E-state index in [9.17, 15) is 0 Å². The smallest absolute Gasteiger partial charge is 0.161 e. The first-order valence-corrected chi connectivity index (χ1v) is 6.88. The van der Waals surface area contributed by atoms with E-state index in [4.69, 9.17) is 9.47 Å². The second-order valence-electron chi connectivity index (χ2n) is 4.81. The number of hydrazone groups is 1. The normalized spacial score (nSPS) is 10.9. The van der Waals surface area contributed by atoms with E-state index in [2.05, 4.69) is 10.5 Å². The van der Waals surface area contributed by atoms with Crippen LogP contribution < -0.4 is 14.9 Å². The number of nitrogens with zero attached hydrogens (tertiary/aromatic N) is 1. The number of hydrogen-bond acceptors (Lipinski definition) is 4. The van der Waals surface area contributed by atoms with Crippen LogP contribution in [0.3, 0.4) is 0 Å². The molecule has 0 aliphatic heterocycles. The highest BCUT2D eigenvalue weighted by Gasteiger charge is 2.06. The highest BCUT2D eigenvalue weighted by molar-refractivity contribution is 5.81. The van der Waals surface area contributed by atoms with Crippen LogP contribution >= 0.6 is 0 Å². The number of nitrogens with one attached hydrogen (secondary N) is 1. The van der Waals surface area contributed by atoms with Crippen LogP contribution in [0.15, 0.2) is 53.6 Å². The van der Waals surface area contributed by atoms with E-state index in [0.717, 1.165) is 17.0 Å². The summed E-state index contributed by atoms with van der Waals surface area (Å²) in [7, 11) is 1.63. The summed E-state index contributed by atoms with van der Waals surface area (Å²) < 4.78 is 11.0. The lowest BCUT2D eigenvalue weighted by Gasteiger charge is -2.13. The Kier molecular flexibility index (Phi) is 5.21. The van der Waals surface area contributed by atoms with Crippen LogP contribution in [0.2, 0.25) is 0 Å². The zero-order valence-corrected chi connectivity index (χ0v) is 12.5. The number of benzene rings is 2. The largest absolute Gasteiger partial charge is 0.493 e. The minimum Gasteiger partial charge on any atom is -0.493 e. The first-order chi connectivity index (χ1) is 10.2. The minimum absolute atomic E-state index is 0.109. The number of anilines is 1. The fourth-order valence-electron chi connectivity index (χ4n) is 1.81. The van der Waals surface area contributed by atoms with E-state index in [1.54, 1.807) is 13.3 Å². The Hall–Kier alpha value is -2.49. The van der Waals surface area contributed by atoms with E-state index < -0.39 is 0 Å². The van der Waals surface area contributed by atoms with Crippen LogP contribution in [-0.4, -0.2) is 19.4 Å². The SMILES string of the molecule is COc1cc(/C=N/Nc2ccccc2)ccc1OC(C)C. The van der Waals surface area contributed by atoms with Crippen molar-refractivity contribution in [1.29, 1.82) is 0 Å². The molecule has 4 heteroatoms. The number of hydrogen-bond donors (Lipinski definition) is 1. The third kappa shape index (κ3) is 4.53. The Balaban J connectivity index is 2.06. The van der Waals surface area contributed by atoms with Gasteiger partial charge in [-0.25, -0.2) is 0 Å². The van der Waals surface area contributed by atoms with E-state index in [1.807, 2.05) is 62.4 Å². The van der Waals surface area contributed by atoms with Crippen LogP contribution in [0.1, 0.15) is 19.4 Å². The van der Waals surface area contributed by atoms with Gasteiger partial charge in [0.05, 0.1) is 25.1 Å². The standard InChI is InChI=1S/C17H20N2O2/c1-13(2)21-16-10-9-14(11-17(16)20-3)12-18-19-15-7-5-4-6-8-15/h4-13,19H,1-3H3/b18-12+. The molecule has 1 N–H and O–H groups in total. The zero-order chi connectivity index (χ0) is 15.1. The van der Waals surface area contributed by atoms with Crippen LogP contribution in [0.5, 0.6) is 11.5 Å². The molecule has 2 rings (SSSR count). The summed E-state index contributed by atoms with van der Waals surface area (Å²) >= 11 is 0. The summed E-state index contributed by atoms with van der Waals surface area (Å²) in [5.74, 6) is 1.44. The van der Waals surface area contributed by atoms with Crippen molar-refractivity contribution in [1.82, 2.24) is 0 Å². The molecular formula is C17H20N2O2. The molecule has 0 aromatic heterocycles. The van der Waals surface area contributed by atoms with Gasteiger partial charge in [-0.1, -0.05) is 18.2 Å². The fourth-order valence-corrected chi connectivity index (χ4v) is 1.81. The predicted molar refractivity (Wildman–Crippen MR) is 86.4 cm³/mol. The molecule has 4 nitrogen and oxygen atoms in total. The highest BCUT2D eigenvalue weighted by Crippen LogP contribution is 2.28.